The van der Waals surface area contributed by atoms with E-state index in [1.54, 1.807) is 11.3 Å². The summed E-state index contributed by atoms with van der Waals surface area (Å²) in [6.45, 7) is 8.32. The van der Waals surface area contributed by atoms with Crippen LogP contribution in [0.1, 0.15) is 48.2 Å². The molecule has 1 aliphatic rings. The molecule has 5 nitrogen and oxygen atoms in total. The zero-order valence-electron chi connectivity index (χ0n) is 13.9. The number of hydrogen-bond donors (Lipinski definition) is 3. The lowest BCUT2D eigenvalue weighted by molar-refractivity contribution is 0.0574. The normalized spacial score (nSPS) is 17.7. The SMILES string of the molecule is CCNC(=NCC1(O)CCCC1)NCCc1nc(C)c(C)s1. The summed E-state index contributed by atoms with van der Waals surface area (Å²) in [5.41, 5.74) is 0.537. The Bertz CT molecular complexity index is 487. The van der Waals surface area contributed by atoms with Crippen LogP contribution in [0.3, 0.4) is 0 Å². The molecule has 0 unspecified atom stereocenters. The van der Waals surface area contributed by atoms with Gasteiger partial charge in [-0.2, -0.15) is 0 Å². The van der Waals surface area contributed by atoms with Crippen molar-refractivity contribution < 1.29 is 5.11 Å². The van der Waals surface area contributed by atoms with E-state index in [2.05, 4.69) is 41.4 Å². The van der Waals surface area contributed by atoms with Gasteiger partial charge < -0.3 is 15.7 Å². The first kappa shape index (κ1) is 17.2. The number of nitrogens with zero attached hydrogens (tertiary/aromatic N) is 2. The Kier molecular flexibility index (Phi) is 6.20. The Hall–Kier alpha value is -1.14. The molecule has 0 saturated heterocycles. The molecule has 124 valence electrons. The molecule has 1 fully saturated rings. The van der Waals surface area contributed by atoms with Crippen LogP contribution >= 0.6 is 11.3 Å². The minimum Gasteiger partial charge on any atom is -0.388 e. The summed E-state index contributed by atoms with van der Waals surface area (Å²) in [4.78, 5) is 10.4. The quantitative estimate of drug-likeness (QED) is 0.554. The van der Waals surface area contributed by atoms with Gasteiger partial charge in [-0.15, -0.1) is 11.3 Å². The van der Waals surface area contributed by atoms with E-state index in [1.165, 1.54) is 4.88 Å². The molecule has 1 aromatic heterocycles. The summed E-state index contributed by atoms with van der Waals surface area (Å²) in [5, 5.41) is 18.1. The Morgan fingerprint density at radius 3 is 2.64 bits per heavy atom. The third-order valence-electron chi connectivity index (χ3n) is 4.11. The van der Waals surface area contributed by atoms with Crippen LogP contribution in [0.25, 0.3) is 0 Å². The van der Waals surface area contributed by atoms with Crippen molar-refractivity contribution in [3.8, 4) is 0 Å². The Morgan fingerprint density at radius 2 is 2.05 bits per heavy atom. The average molecular weight is 324 g/mol. The van der Waals surface area contributed by atoms with E-state index in [1.807, 2.05) is 0 Å². The Morgan fingerprint density at radius 1 is 1.32 bits per heavy atom. The van der Waals surface area contributed by atoms with Crippen molar-refractivity contribution >= 4 is 17.3 Å². The van der Waals surface area contributed by atoms with Gasteiger partial charge >= 0.3 is 0 Å². The maximum Gasteiger partial charge on any atom is 0.191 e. The minimum atomic E-state index is -0.591. The van der Waals surface area contributed by atoms with Gasteiger partial charge in [0, 0.05) is 24.4 Å². The predicted molar refractivity (Wildman–Crippen MR) is 92.7 cm³/mol. The fraction of sp³-hybridized carbons (Fsp3) is 0.750. The Balaban J connectivity index is 1.82. The lowest BCUT2D eigenvalue weighted by atomic mass is 10.0. The molecular weight excluding hydrogens is 296 g/mol. The first-order chi connectivity index (χ1) is 10.5. The standard InChI is InChI=1S/C16H28N4OS/c1-4-17-15(19-11-16(21)8-5-6-9-16)18-10-7-14-20-12(2)13(3)22-14/h21H,4-11H2,1-3H3,(H2,17,18,19). The summed E-state index contributed by atoms with van der Waals surface area (Å²) in [6.07, 6.45) is 4.85. The molecular formula is C16H28N4OS. The lowest BCUT2D eigenvalue weighted by Crippen LogP contribution is -2.40. The number of thiazole rings is 1. The number of aliphatic imine (C=N–C) groups is 1. The van der Waals surface area contributed by atoms with E-state index in [9.17, 15) is 5.11 Å². The number of aryl methyl sites for hydroxylation is 2. The largest absolute Gasteiger partial charge is 0.388 e. The van der Waals surface area contributed by atoms with Crippen molar-refractivity contribution in [2.24, 2.45) is 4.99 Å². The van der Waals surface area contributed by atoms with Crippen LogP contribution in [0.4, 0.5) is 0 Å². The molecule has 1 aliphatic carbocycles. The van der Waals surface area contributed by atoms with Crippen LogP contribution in [0.15, 0.2) is 4.99 Å². The molecule has 0 aliphatic heterocycles. The van der Waals surface area contributed by atoms with Crippen LogP contribution < -0.4 is 10.6 Å². The number of guanidine groups is 1. The van der Waals surface area contributed by atoms with E-state index in [-0.39, 0.29) is 0 Å². The first-order valence-electron chi connectivity index (χ1n) is 8.20. The fourth-order valence-electron chi connectivity index (χ4n) is 2.69. The molecule has 1 heterocycles. The number of rotatable bonds is 6. The van der Waals surface area contributed by atoms with Gasteiger partial charge in [0.2, 0.25) is 0 Å². The second-order valence-electron chi connectivity index (χ2n) is 6.05. The maximum atomic E-state index is 10.4. The highest BCUT2D eigenvalue weighted by Gasteiger charge is 2.30. The van der Waals surface area contributed by atoms with Gasteiger partial charge in [0.15, 0.2) is 5.96 Å². The van der Waals surface area contributed by atoms with E-state index >= 15 is 0 Å². The number of nitrogens with one attached hydrogen (secondary N) is 2. The van der Waals surface area contributed by atoms with E-state index in [0.717, 1.165) is 61.9 Å². The van der Waals surface area contributed by atoms with Crippen molar-refractivity contribution in [2.45, 2.75) is 58.5 Å². The first-order valence-corrected chi connectivity index (χ1v) is 9.01. The summed E-state index contributed by atoms with van der Waals surface area (Å²) in [5.74, 6) is 0.785. The predicted octanol–water partition coefficient (Wildman–Crippen LogP) is 2.16. The van der Waals surface area contributed by atoms with Crippen molar-refractivity contribution in [1.29, 1.82) is 0 Å². The molecule has 0 bridgehead atoms. The molecule has 1 saturated carbocycles. The van der Waals surface area contributed by atoms with Gasteiger partial charge in [0.25, 0.3) is 0 Å². The second-order valence-corrected chi connectivity index (χ2v) is 7.34. The molecule has 0 aromatic carbocycles. The van der Waals surface area contributed by atoms with Gasteiger partial charge in [-0.1, -0.05) is 12.8 Å². The molecule has 0 spiro atoms. The molecule has 0 amide bonds. The van der Waals surface area contributed by atoms with Gasteiger partial charge in [0.1, 0.15) is 0 Å². The van der Waals surface area contributed by atoms with Gasteiger partial charge in [0.05, 0.1) is 22.8 Å². The summed E-state index contributed by atoms with van der Waals surface area (Å²) < 4.78 is 0. The monoisotopic (exact) mass is 324 g/mol. The summed E-state index contributed by atoms with van der Waals surface area (Å²) in [7, 11) is 0. The molecule has 2 rings (SSSR count). The van der Waals surface area contributed by atoms with Crippen molar-refractivity contribution in [3.63, 3.8) is 0 Å². The summed E-state index contributed by atoms with van der Waals surface area (Å²) in [6, 6.07) is 0. The van der Waals surface area contributed by atoms with Gasteiger partial charge in [-0.3, -0.25) is 4.99 Å². The Labute approximate surface area is 137 Å². The number of aliphatic hydroxyl groups is 1. The van der Waals surface area contributed by atoms with E-state index in [4.69, 9.17) is 0 Å². The molecule has 0 radical (unpaired) electrons. The van der Waals surface area contributed by atoms with Crippen molar-refractivity contribution in [2.75, 3.05) is 19.6 Å². The van der Waals surface area contributed by atoms with E-state index in [0.29, 0.717) is 6.54 Å². The fourth-order valence-corrected chi connectivity index (χ4v) is 3.63. The van der Waals surface area contributed by atoms with Crippen molar-refractivity contribution in [1.82, 2.24) is 15.6 Å². The van der Waals surface area contributed by atoms with Crippen molar-refractivity contribution in [3.05, 3.63) is 15.6 Å². The molecule has 6 heteroatoms. The molecule has 3 N–H and O–H groups in total. The van der Waals surface area contributed by atoms with Crippen LogP contribution in [-0.2, 0) is 6.42 Å². The minimum absolute atomic E-state index is 0.484. The van der Waals surface area contributed by atoms with Gasteiger partial charge in [-0.05, 0) is 33.6 Å². The highest BCUT2D eigenvalue weighted by atomic mass is 32.1. The smallest absolute Gasteiger partial charge is 0.191 e. The second kappa shape index (κ2) is 7.92. The van der Waals surface area contributed by atoms with Crippen LogP contribution in [-0.4, -0.2) is 41.3 Å². The lowest BCUT2D eigenvalue weighted by Gasteiger charge is -2.20. The molecule has 22 heavy (non-hydrogen) atoms. The average Bonchev–Trinajstić information content (AvgIpc) is 3.04. The summed E-state index contributed by atoms with van der Waals surface area (Å²) >= 11 is 1.76. The highest BCUT2D eigenvalue weighted by Crippen LogP contribution is 2.29. The highest BCUT2D eigenvalue weighted by molar-refractivity contribution is 7.11. The number of hydrogen-bond acceptors (Lipinski definition) is 4. The molecule has 1 aromatic rings. The maximum absolute atomic E-state index is 10.4. The van der Waals surface area contributed by atoms with Crippen LogP contribution in [0, 0.1) is 13.8 Å². The zero-order valence-corrected chi connectivity index (χ0v) is 14.7. The van der Waals surface area contributed by atoms with Crippen LogP contribution in [0.2, 0.25) is 0 Å². The third kappa shape index (κ3) is 4.95. The number of aromatic nitrogens is 1. The topological polar surface area (TPSA) is 69.5 Å². The third-order valence-corrected chi connectivity index (χ3v) is 5.25. The van der Waals surface area contributed by atoms with E-state index < -0.39 is 5.60 Å². The van der Waals surface area contributed by atoms with Crippen LogP contribution in [0.5, 0.6) is 0 Å². The van der Waals surface area contributed by atoms with Gasteiger partial charge in [-0.25, -0.2) is 4.98 Å². The zero-order chi connectivity index (χ0) is 16.0. The molecule has 0 atom stereocenters.